The zero-order valence-electron chi connectivity index (χ0n) is 30.1. The van der Waals surface area contributed by atoms with Gasteiger partial charge in [0.15, 0.2) is 5.58 Å². The summed E-state index contributed by atoms with van der Waals surface area (Å²) in [4.78, 5) is 2.33. The third kappa shape index (κ3) is 4.60. The maximum absolute atomic E-state index is 6.69. The van der Waals surface area contributed by atoms with Gasteiger partial charge >= 0.3 is 0 Å². The lowest BCUT2D eigenvalue weighted by molar-refractivity contribution is 0.669. The first-order valence-electron chi connectivity index (χ1n) is 18.9. The Kier molecular flexibility index (Phi) is 6.60. The summed E-state index contributed by atoms with van der Waals surface area (Å²) in [7, 11) is 0. The van der Waals surface area contributed by atoms with Crippen LogP contribution in [0.4, 0.5) is 17.1 Å². The number of furan rings is 3. The van der Waals surface area contributed by atoms with E-state index in [0.29, 0.717) is 0 Å². The zero-order chi connectivity index (χ0) is 36.7. The number of hydrogen-bond donors (Lipinski definition) is 0. The first-order chi connectivity index (χ1) is 27.8. The molecule has 3 aromatic heterocycles. The van der Waals surface area contributed by atoms with Crippen LogP contribution in [0.15, 0.2) is 201 Å². The van der Waals surface area contributed by atoms with Gasteiger partial charge in [0.05, 0.1) is 11.4 Å². The van der Waals surface area contributed by atoms with Crippen molar-refractivity contribution in [2.75, 3.05) is 4.90 Å². The summed E-state index contributed by atoms with van der Waals surface area (Å²) in [5, 5.41) is 8.89. The van der Waals surface area contributed by atoms with Gasteiger partial charge in [-0.1, -0.05) is 133 Å². The SMILES string of the molecule is c1ccc(N(c2ccc(-c3cccc4c3oc3ccccc34)cc2)c2cccc3c2oc2ccccc23)c(-c2ccc3oc4c5ccccc5ccc4c3c2)c1. The summed E-state index contributed by atoms with van der Waals surface area (Å²) < 4.78 is 19.6. The van der Waals surface area contributed by atoms with Crippen molar-refractivity contribution < 1.29 is 13.3 Å². The highest BCUT2D eigenvalue weighted by Crippen LogP contribution is 2.47. The molecule has 12 aromatic rings. The van der Waals surface area contributed by atoms with E-state index in [4.69, 9.17) is 13.3 Å². The van der Waals surface area contributed by atoms with Gasteiger partial charge in [-0.25, -0.2) is 0 Å². The van der Waals surface area contributed by atoms with Crippen LogP contribution < -0.4 is 4.90 Å². The fourth-order valence-corrected chi connectivity index (χ4v) is 8.67. The Bertz CT molecular complexity index is 3490. The number of anilines is 3. The molecule has 0 aliphatic carbocycles. The van der Waals surface area contributed by atoms with Crippen LogP contribution in [0.2, 0.25) is 0 Å². The Morgan fingerprint density at radius 2 is 0.857 bits per heavy atom. The number of para-hydroxylation sites is 5. The van der Waals surface area contributed by atoms with Gasteiger partial charge < -0.3 is 18.2 Å². The summed E-state index contributed by atoms with van der Waals surface area (Å²) >= 11 is 0. The summed E-state index contributed by atoms with van der Waals surface area (Å²) in [5.74, 6) is 0. The van der Waals surface area contributed by atoms with Gasteiger partial charge in [-0.15, -0.1) is 0 Å². The van der Waals surface area contributed by atoms with Crippen LogP contribution in [0.5, 0.6) is 0 Å². The average molecular weight is 718 g/mol. The maximum Gasteiger partial charge on any atom is 0.159 e. The van der Waals surface area contributed by atoms with Crippen molar-refractivity contribution in [2.24, 2.45) is 0 Å². The smallest absolute Gasteiger partial charge is 0.159 e. The Balaban J connectivity index is 1.06. The zero-order valence-corrected chi connectivity index (χ0v) is 30.1. The summed E-state index contributed by atoms with van der Waals surface area (Å²) in [6.07, 6.45) is 0. The number of nitrogens with zero attached hydrogens (tertiary/aromatic N) is 1. The van der Waals surface area contributed by atoms with Crippen LogP contribution in [0.25, 0.3) is 98.8 Å². The van der Waals surface area contributed by atoms with Crippen molar-refractivity contribution in [1.29, 1.82) is 0 Å². The lowest BCUT2D eigenvalue weighted by Crippen LogP contribution is -2.11. The molecule has 9 aromatic carbocycles. The van der Waals surface area contributed by atoms with Crippen LogP contribution in [-0.2, 0) is 0 Å². The van der Waals surface area contributed by atoms with Crippen molar-refractivity contribution in [1.82, 2.24) is 0 Å². The van der Waals surface area contributed by atoms with E-state index < -0.39 is 0 Å². The normalized spacial score (nSPS) is 11.9. The van der Waals surface area contributed by atoms with Crippen LogP contribution in [0.1, 0.15) is 0 Å². The van der Waals surface area contributed by atoms with Gasteiger partial charge in [-0.3, -0.25) is 0 Å². The highest BCUT2D eigenvalue weighted by atomic mass is 16.3. The molecule has 0 fully saturated rings. The molecule has 0 unspecified atom stereocenters. The van der Waals surface area contributed by atoms with Gasteiger partial charge in [0.25, 0.3) is 0 Å². The molecule has 0 bridgehead atoms. The molecule has 0 aliphatic rings. The first-order valence-corrected chi connectivity index (χ1v) is 18.9. The highest BCUT2D eigenvalue weighted by molar-refractivity contribution is 6.16. The molecule has 12 rings (SSSR count). The minimum Gasteiger partial charge on any atom is -0.455 e. The molecule has 0 amide bonds. The van der Waals surface area contributed by atoms with E-state index >= 15 is 0 Å². The highest BCUT2D eigenvalue weighted by Gasteiger charge is 2.23. The lowest BCUT2D eigenvalue weighted by Gasteiger charge is -2.28. The predicted molar refractivity (Wildman–Crippen MR) is 231 cm³/mol. The summed E-state index contributed by atoms with van der Waals surface area (Å²) in [6.45, 7) is 0. The van der Waals surface area contributed by atoms with Crippen molar-refractivity contribution >= 4 is 93.7 Å². The summed E-state index contributed by atoms with van der Waals surface area (Å²) in [5.41, 5.74) is 12.6. The first kappa shape index (κ1) is 30.9. The lowest BCUT2D eigenvalue weighted by atomic mass is 9.98. The van der Waals surface area contributed by atoms with Crippen LogP contribution >= 0.6 is 0 Å². The molecule has 4 nitrogen and oxygen atoms in total. The van der Waals surface area contributed by atoms with Gasteiger partial charge in [0.1, 0.15) is 27.9 Å². The van der Waals surface area contributed by atoms with Crippen molar-refractivity contribution in [3.05, 3.63) is 188 Å². The van der Waals surface area contributed by atoms with Crippen molar-refractivity contribution in [3.63, 3.8) is 0 Å². The van der Waals surface area contributed by atoms with Gasteiger partial charge in [-0.05, 0) is 71.1 Å². The van der Waals surface area contributed by atoms with Crippen LogP contribution in [0, 0.1) is 0 Å². The second kappa shape index (κ2) is 12.0. The van der Waals surface area contributed by atoms with E-state index in [9.17, 15) is 0 Å². The number of hydrogen-bond acceptors (Lipinski definition) is 4. The van der Waals surface area contributed by atoms with E-state index in [1.54, 1.807) is 0 Å². The molecule has 0 N–H and O–H groups in total. The Morgan fingerprint density at radius 3 is 1.68 bits per heavy atom. The minimum absolute atomic E-state index is 0.836. The van der Waals surface area contributed by atoms with Gasteiger partial charge in [-0.2, -0.15) is 0 Å². The second-order valence-electron chi connectivity index (χ2n) is 14.4. The molecule has 0 aliphatic heterocycles. The molecule has 3 heterocycles. The maximum atomic E-state index is 6.69. The largest absolute Gasteiger partial charge is 0.455 e. The predicted octanol–water partition coefficient (Wildman–Crippen LogP) is 15.3. The van der Waals surface area contributed by atoms with E-state index in [-0.39, 0.29) is 0 Å². The standard InChI is InChI=1S/C52H31NO3/c1-2-13-37-32(11-1)25-29-43-44-31-34(26-30-49(44)55-51(37)43)36-12-3-6-19-45(36)53(46-20-10-18-42-40-15-5-8-22-48(40)56-52(42)46)35-27-23-33(24-28-35)38-16-9-17-41-39-14-4-7-21-47(39)54-50(38)41/h1-31H. The molecule has 56 heavy (non-hydrogen) atoms. The monoisotopic (exact) mass is 717 g/mol. The Labute approximate surface area is 321 Å². The van der Waals surface area contributed by atoms with Crippen molar-refractivity contribution in [3.8, 4) is 22.3 Å². The quantitative estimate of drug-likeness (QED) is 0.178. The number of rotatable bonds is 5. The molecule has 0 radical (unpaired) electrons. The average Bonchev–Trinajstić information content (AvgIpc) is 3.96. The fraction of sp³-hybridized carbons (Fsp3) is 0. The third-order valence-electron chi connectivity index (χ3n) is 11.3. The molecule has 4 heteroatoms. The Hall–Kier alpha value is -7.56. The van der Waals surface area contributed by atoms with E-state index in [2.05, 4.69) is 169 Å². The molecular weight excluding hydrogens is 687 g/mol. The fourth-order valence-electron chi connectivity index (χ4n) is 8.67. The van der Waals surface area contributed by atoms with Crippen LogP contribution in [0.3, 0.4) is 0 Å². The molecule has 0 saturated carbocycles. The summed E-state index contributed by atoms with van der Waals surface area (Å²) in [6, 6.07) is 66.0. The molecule has 262 valence electrons. The topological polar surface area (TPSA) is 42.7 Å². The molecule has 0 atom stereocenters. The van der Waals surface area contributed by atoms with Gasteiger partial charge in [0, 0.05) is 54.5 Å². The van der Waals surface area contributed by atoms with Crippen LogP contribution in [-0.4, -0.2) is 0 Å². The molecule has 0 spiro atoms. The van der Waals surface area contributed by atoms with E-state index in [1.807, 2.05) is 24.3 Å². The minimum atomic E-state index is 0.836. The number of fused-ring (bicyclic) bond motifs is 11. The third-order valence-corrected chi connectivity index (χ3v) is 11.3. The van der Waals surface area contributed by atoms with Gasteiger partial charge in [0.2, 0.25) is 0 Å². The molecular formula is C52H31NO3. The van der Waals surface area contributed by atoms with E-state index in [0.717, 1.165) is 111 Å². The second-order valence-corrected chi connectivity index (χ2v) is 14.4. The van der Waals surface area contributed by atoms with E-state index in [1.165, 1.54) is 5.39 Å². The van der Waals surface area contributed by atoms with Crippen molar-refractivity contribution in [2.45, 2.75) is 0 Å². The number of benzene rings is 9. The Morgan fingerprint density at radius 1 is 0.304 bits per heavy atom. The molecule has 0 saturated heterocycles.